The molecule has 1 unspecified atom stereocenters. The molecule has 2 amide bonds. The Hall–Kier alpha value is -2.64. The van der Waals surface area contributed by atoms with Crippen LogP contribution in [0.2, 0.25) is 0 Å². The van der Waals surface area contributed by atoms with Crippen LogP contribution in [-0.4, -0.2) is 47.4 Å². The molecule has 3 rings (SSSR count). The van der Waals surface area contributed by atoms with E-state index in [2.05, 4.69) is 31.3 Å². The molecule has 2 aromatic carbocycles. The first kappa shape index (κ1) is 23.0. The third kappa shape index (κ3) is 6.18. The van der Waals surface area contributed by atoms with Crippen LogP contribution < -0.4 is 5.32 Å². The number of aliphatic imine (C=N–C) groups is 1. The van der Waals surface area contributed by atoms with E-state index in [9.17, 15) is 9.59 Å². The third-order valence-corrected chi connectivity index (χ3v) is 6.20. The van der Waals surface area contributed by atoms with Crippen LogP contribution in [0.1, 0.15) is 37.3 Å². The fourth-order valence-corrected chi connectivity index (χ4v) is 4.36. The molecule has 0 bridgehead atoms. The molecule has 0 spiro atoms. The average Bonchev–Trinajstić information content (AvgIpc) is 3.02. The third-order valence-electron chi connectivity index (χ3n) is 5.03. The minimum absolute atomic E-state index is 0.0895. The summed E-state index contributed by atoms with van der Waals surface area (Å²) in [6.07, 6.45) is 0.0895. The fraction of sp³-hybridized carbons (Fsp3) is 0.375. The van der Waals surface area contributed by atoms with Crippen LogP contribution in [0.25, 0.3) is 0 Å². The van der Waals surface area contributed by atoms with Crippen LogP contribution in [0.4, 0.5) is 11.4 Å². The number of anilines is 1. The van der Waals surface area contributed by atoms with Gasteiger partial charge >= 0.3 is 0 Å². The van der Waals surface area contributed by atoms with E-state index in [0.717, 1.165) is 16.9 Å². The molecule has 164 valence electrons. The van der Waals surface area contributed by atoms with Crippen LogP contribution in [0.15, 0.2) is 53.5 Å². The van der Waals surface area contributed by atoms with Crippen molar-refractivity contribution < 1.29 is 14.3 Å². The van der Waals surface area contributed by atoms with Gasteiger partial charge in [-0.15, -0.1) is 0 Å². The van der Waals surface area contributed by atoms with Gasteiger partial charge in [-0.3, -0.25) is 14.5 Å². The highest BCUT2D eigenvalue weighted by molar-refractivity contribution is 8.15. The summed E-state index contributed by atoms with van der Waals surface area (Å²) < 4.78 is 5.16. The zero-order chi connectivity index (χ0) is 22.4. The molecule has 2 aromatic rings. The Bertz CT molecular complexity index is 940. The number of thioether (sulfide) groups is 1. The largest absolute Gasteiger partial charge is 0.383 e. The lowest BCUT2D eigenvalue weighted by Gasteiger charge is -2.16. The molecule has 1 fully saturated rings. The monoisotopic (exact) mass is 439 g/mol. The molecule has 1 aliphatic rings. The van der Waals surface area contributed by atoms with Gasteiger partial charge in [-0.1, -0.05) is 55.4 Å². The normalized spacial score (nSPS) is 17.6. The van der Waals surface area contributed by atoms with E-state index >= 15 is 0 Å². The van der Waals surface area contributed by atoms with Gasteiger partial charge in [0.05, 0.1) is 18.8 Å². The number of methoxy groups -OCH3 is 1. The highest BCUT2D eigenvalue weighted by Crippen LogP contribution is 2.32. The summed E-state index contributed by atoms with van der Waals surface area (Å²) in [5.74, 6) is 0.140. The van der Waals surface area contributed by atoms with Crippen molar-refractivity contribution in [2.45, 2.75) is 38.4 Å². The first-order valence-electron chi connectivity index (χ1n) is 10.4. The lowest BCUT2D eigenvalue weighted by atomic mass is 10.0. The van der Waals surface area contributed by atoms with E-state index in [1.54, 1.807) is 12.0 Å². The van der Waals surface area contributed by atoms with E-state index in [4.69, 9.17) is 9.73 Å². The zero-order valence-electron chi connectivity index (χ0n) is 18.4. The molecule has 6 nitrogen and oxygen atoms in total. The van der Waals surface area contributed by atoms with Crippen molar-refractivity contribution in [3.8, 4) is 0 Å². The van der Waals surface area contributed by atoms with E-state index in [1.165, 1.54) is 17.3 Å². The number of benzene rings is 2. The summed E-state index contributed by atoms with van der Waals surface area (Å²) in [5, 5.41) is 2.97. The SMILES string of the molecule is COCCN1C(=O)C(CC(=O)Nc2ccc(C)cc2)SC1=Nc1ccc(C(C)C)cc1. The van der Waals surface area contributed by atoms with Crippen molar-refractivity contribution in [2.24, 2.45) is 4.99 Å². The average molecular weight is 440 g/mol. The topological polar surface area (TPSA) is 71.0 Å². The quantitative estimate of drug-likeness (QED) is 0.646. The van der Waals surface area contributed by atoms with Gasteiger partial charge in [0.1, 0.15) is 5.25 Å². The van der Waals surface area contributed by atoms with Gasteiger partial charge in [-0.05, 0) is 42.7 Å². The van der Waals surface area contributed by atoms with Crippen LogP contribution in [0.5, 0.6) is 0 Å². The summed E-state index contributed by atoms with van der Waals surface area (Å²) in [5.41, 5.74) is 3.87. The van der Waals surface area contributed by atoms with E-state index in [-0.39, 0.29) is 18.2 Å². The maximum Gasteiger partial charge on any atom is 0.242 e. The van der Waals surface area contributed by atoms with Crippen LogP contribution in [0.3, 0.4) is 0 Å². The summed E-state index contributed by atoms with van der Waals surface area (Å²) >= 11 is 1.33. The summed E-state index contributed by atoms with van der Waals surface area (Å²) in [4.78, 5) is 31.8. The lowest BCUT2D eigenvalue weighted by molar-refractivity contribution is -0.128. The number of aryl methyl sites for hydroxylation is 1. The summed E-state index contributed by atoms with van der Waals surface area (Å²) in [7, 11) is 1.60. The van der Waals surface area contributed by atoms with Crippen LogP contribution >= 0.6 is 11.8 Å². The number of amidine groups is 1. The number of ether oxygens (including phenoxy) is 1. The van der Waals surface area contributed by atoms with Crippen molar-refractivity contribution >= 4 is 40.1 Å². The van der Waals surface area contributed by atoms with Gasteiger partial charge in [0.15, 0.2) is 5.17 Å². The highest BCUT2D eigenvalue weighted by atomic mass is 32.2. The van der Waals surface area contributed by atoms with Gasteiger partial charge in [-0.25, -0.2) is 4.99 Å². The van der Waals surface area contributed by atoms with Gasteiger partial charge in [0.25, 0.3) is 0 Å². The Morgan fingerprint density at radius 2 is 1.84 bits per heavy atom. The summed E-state index contributed by atoms with van der Waals surface area (Å²) in [6, 6.07) is 15.6. The second-order valence-corrected chi connectivity index (χ2v) is 9.02. The Balaban J connectivity index is 1.72. The van der Waals surface area contributed by atoms with Crippen LogP contribution in [0, 0.1) is 6.92 Å². The molecule has 7 heteroatoms. The van der Waals surface area contributed by atoms with Crippen molar-refractivity contribution in [3.63, 3.8) is 0 Å². The molecule has 0 saturated carbocycles. The standard InChI is InChI=1S/C24H29N3O3S/c1-16(2)18-7-11-20(12-8-18)26-24-27(13-14-30-4)23(29)21(31-24)15-22(28)25-19-9-5-17(3)6-10-19/h5-12,16,21H,13-15H2,1-4H3,(H,25,28). The van der Waals surface area contributed by atoms with Gasteiger partial charge in [0.2, 0.25) is 11.8 Å². The van der Waals surface area contributed by atoms with Gasteiger partial charge < -0.3 is 10.1 Å². The van der Waals surface area contributed by atoms with E-state index < -0.39 is 5.25 Å². The number of amides is 2. The maximum atomic E-state index is 13.0. The Morgan fingerprint density at radius 3 is 2.45 bits per heavy atom. The summed E-state index contributed by atoms with van der Waals surface area (Å²) in [6.45, 7) is 7.09. The van der Waals surface area contributed by atoms with Crippen molar-refractivity contribution in [1.82, 2.24) is 4.90 Å². The Labute approximate surface area is 188 Å². The number of carbonyl (C=O) groups excluding carboxylic acids is 2. The zero-order valence-corrected chi connectivity index (χ0v) is 19.2. The first-order valence-corrected chi connectivity index (χ1v) is 11.3. The molecule has 1 aliphatic heterocycles. The van der Waals surface area contributed by atoms with Crippen LogP contribution in [-0.2, 0) is 14.3 Å². The minimum atomic E-state index is -0.504. The van der Waals surface area contributed by atoms with E-state index in [1.807, 2.05) is 43.3 Å². The second-order valence-electron chi connectivity index (χ2n) is 7.85. The molecule has 1 saturated heterocycles. The number of hydrogen-bond donors (Lipinski definition) is 1. The predicted octanol–water partition coefficient (Wildman–Crippen LogP) is 4.73. The van der Waals surface area contributed by atoms with E-state index in [0.29, 0.717) is 24.2 Å². The minimum Gasteiger partial charge on any atom is -0.383 e. The first-order chi connectivity index (χ1) is 14.9. The van der Waals surface area contributed by atoms with Crippen molar-refractivity contribution in [1.29, 1.82) is 0 Å². The molecule has 0 radical (unpaired) electrons. The smallest absolute Gasteiger partial charge is 0.242 e. The van der Waals surface area contributed by atoms with Gasteiger partial charge in [0, 0.05) is 19.2 Å². The number of carbonyl (C=O) groups is 2. The van der Waals surface area contributed by atoms with Crippen molar-refractivity contribution in [3.05, 3.63) is 59.7 Å². The molecule has 31 heavy (non-hydrogen) atoms. The molecule has 1 N–H and O–H groups in total. The number of nitrogens with one attached hydrogen (secondary N) is 1. The van der Waals surface area contributed by atoms with Gasteiger partial charge in [-0.2, -0.15) is 0 Å². The number of rotatable bonds is 8. The number of hydrogen-bond acceptors (Lipinski definition) is 5. The Morgan fingerprint density at radius 1 is 1.16 bits per heavy atom. The number of nitrogens with zero attached hydrogens (tertiary/aromatic N) is 2. The molecule has 0 aliphatic carbocycles. The predicted molar refractivity (Wildman–Crippen MR) is 127 cm³/mol. The maximum absolute atomic E-state index is 13.0. The molecule has 1 heterocycles. The molecule has 0 aromatic heterocycles. The lowest BCUT2D eigenvalue weighted by Crippen LogP contribution is -2.35. The molecular weight excluding hydrogens is 410 g/mol. The Kier molecular flexibility index (Phi) is 7.87. The molecule has 1 atom stereocenters. The fourth-order valence-electron chi connectivity index (χ4n) is 3.17. The van der Waals surface area contributed by atoms with Crippen molar-refractivity contribution in [2.75, 3.05) is 25.6 Å². The second kappa shape index (κ2) is 10.6. The highest BCUT2D eigenvalue weighted by Gasteiger charge is 2.39. The molecular formula is C24H29N3O3S.